The average molecular weight is 482 g/mol. The molecule has 34 heavy (non-hydrogen) atoms. The van der Waals surface area contributed by atoms with Gasteiger partial charge in [-0.3, -0.25) is 0 Å². The topological polar surface area (TPSA) is 70.8 Å². The molecule has 2 bridgehead atoms. The van der Waals surface area contributed by atoms with Gasteiger partial charge in [-0.1, -0.05) is 52.5 Å². The van der Waals surface area contributed by atoms with E-state index in [4.69, 9.17) is 9.47 Å². The molecule has 0 spiro atoms. The van der Waals surface area contributed by atoms with Crippen molar-refractivity contribution >= 4 is 0 Å². The van der Waals surface area contributed by atoms with Gasteiger partial charge in [0.05, 0.1) is 14.2 Å². The maximum absolute atomic E-state index is 15.1. The van der Waals surface area contributed by atoms with Crippen molar-refractivity contribution in [2.45, 2.75) is 77.6 Å². The Bertz CT molecular complexity index is 889. The van der Waals surface area contributed by atoms with Crippen LogP contribution in [0.25, 0.3) is 0 Å². The molecule has 0 heterocycles. The number of rotatable bonds is 13. The molecule has 6 nitrogen and oxygen atoms in total. The third-order valence-corrected chi connectivity index (χ3v) is 7.85. The SMILES string of the molecule is CCCCCCCC(F)(F)c1cc(OC)c([C@H]2C=C(CO[N+](=O)[O-])[C@H]3C[C@@H]2C3(C)C)c(OC)c1. The van der Waals surface area contributed by atoms with Crippen molar-refractivity contribution in [3.63, 3.8) is 0 Å². The second kappa shape index (κ2) is 10.5. The first-order chi connectivity index (χ1) is 16.1. The Morgan fingerprint density at radius 1 is 1.12 bits per heavy atom. The van der Waals surface area contributed by atoms with E-state index in [2.05, 4.69) is 25.6 Å². The number of allylic oxidation sites excluding steroid dienone is 1. The fourth-order valence-electron chi connectivity index (χ4n) is 5.79. The lowest BCUT2D eigenvalue weighted by atomic mass is 9.45. The van der Waals surface area contributed by atoms with E-state index in [0.29, 0.717) is 23.5 Å². The highest BCUT2D eigenvalue weighted by Gasteiger charge is 2.56. The minimum atomic E-state index is -2.99. The molecule has 0 amide bonds. The molecule has 0 aliphatic heterocycles. The van der Waals surface area contributed by atoms with E-state index < -0.39 is 11.0 Å². The van der Waals surface area contributed by atoms with Gasteiger partial charge in [-0.05, 0) is 47.8 Å². The third kappa shape index (κ3) is 5.15. The van der Waals surface area contributed by atoms with Gasteiger partial charge in [-0.2, -0.15) is 0 Å². The number of halogens is 2. The molecule has 0 unspecified atom stereocenters. The minimum absolute atomic E-state index is 0.0941. The molecule has 1 aromatic rings. The molecular formula is C26H37F2NO5. The van der Waals surface area contributed by atoms with Crippen LogP contribution in [0.4, 0.5) is 8.78 Å². The van der Waals surface area contributed by atoms with Gasteiger partial charge >= 0.3 is 0 Å². The lowest BCUT2D eigenvalue weighted by Gasteiger charge is -2.59. The van der Waals surface area contributed by atoms with Crippen LogP contribution in [0.2, 0.25) is 0 Å². The zero-order valence-electron chi connectivity index (χ0n) is 20.9. The van der Waals surface area contributed by atoms with Crippen LogP contribution < -0.4 is 9.47 Å². The van der Waals surface area contributed by atoms with Crippen LogP contribution in [0.15, 0.2) is 23.8 Å². The third-order valence-electron chi connectivity index (χ3n) is 7.85. The Kier molecular flexibility index (Phi) is 8.09. The summed E-state index contributed by atoms with van der Waals surface area (Å²) in [6, 6.07) is 2.87. The van der Waals surface area contributed by atoms with E-state index >= 15 is 8.78 Å². The van der Waals surface area contributed by atoms with Crippen LogP contribution in [-0.4, -0.2) is 25.9 Å². The highest BCUT2D eigenvalue weighted by atomic mass is 19.3. The molecule has 3 atom stereocenters. The van der Waals surface area contributed by atoms with Crippen LogP contribution in [-0.2, 0) is 10.8 Å². The predicted octanol–water partition coefficient (Wildman–Crippen LogP) is 7.05. The normalized spacial score (nSPS) is 23.0. The number of fused-ring (bicyclic) bond motifs is 1. The zero-order chi connectivity index (χ0) is 25.1. The smallest absolute Gasteiger partial charge is 0.294 e. The zero-order valence-corrected chi connectivity index (χ0v) is 20.9. The summed E-state index contributed by atoms with van der Waals surface area (Å²) in [6.45, 7) is 6.28. The van der Waals surface area contributed by atoms with Crippen molar-refractivity contribution in [3.05, 3.63) is 45.0 Å². The van der Waals surface area contributed by atoms with Gasteiger partial charge in [-0.15, -0.1) is 10.1 Å². The predicted molar refractivity (Wildman–Crippen MR) is 126 cm³/mol. The van der Waals surface area contributed by atoms with Gasteiger partial charge in [0.1, 0.15) is 18.1 Å². The largest absolute Gasteiger partial charge is 0.496 e. The van der Waals surface area contributed by atoms with E-state index in [1.165, 1.54) is 26.4 Å². The van der Waals surface area contributed by atoms with Crippen LogP contribution in [0, 0.1) is 27.4 Å². The molecule has 190 valence electrons. The summed E-state index contributed by atoms with van der Waals surface area (Å²) in [5.41, 5.74) is 1.36. The quantitative estimate of drug-likeness (QED) is 0.131. The first-order valence-corrected chi connectivity index (χ1v) is 12.2. The molecule has 0 aromatic heterocycles. The molecule has 0 N–H and O–H groups in total. The molecule has 3 aliphatic carbocycles. The van der Waals surface area contributed by atoms with E-state index in [-0.39, 0.29) is 41.8 Å². The van der Waals surface area contributed by atoms with Gasteiger partial charge in [0, 0.05) is 23.5 Å². The van der Waals surface area contributed by atoms with E-state index in [9.17, 15) is 10.1 Å². The Labute approximate surface area is 200 Å². The molecule has 0 radical (unpaired) electrons. The molecule has 1 saturated carbocycles. The summed E-state index contributed by atoms with van der Waals surface area (Å²) in [7, 11) is 2.95. The van der Waals surface area contributed by atoms with Crippen molar-refractivity contribution in [3.8, 4) is 11.5 Å². The fraction of sp³-hybridized carbons (Fsp3) is 0.692. The highest BCUT2D eigenvalue weighted by Crippen LogP contribution is 2.65. The lowest BCUT2D eigenvalue weighted by Crippen LogP contribution is -2.52. The maximum Gasteiger partial charge on any atom is 0.294 e. The Balaban J connectivity index is 1.94. The maximum atomic E-state index is 15.1. The number of unbranched alkanes of at least 4 members (excludes halogenated alkanes) is 4. The van der Waals surface area contributed by atoms with Crippen LogP contribution in [0.3, 0.4) is 0 Å². The van der Waals surface area contributed by atoms with Gasteiger partial charge in [0.25, 0.3) is 11.0 Å². The van der Waals surface area contributed by atoms with Crippen LogP contribution >= 0.6 is 0 Å². The van der Waals surface area contributed by atoms with Gasteiger partial charge in [0.15, 0.2) is 0 Å². The van der Waals surface area contributed by atoms with E-state index in [0.717, 1.165) is 37.7 Å². The first kappa shape index (κ1) is 26.2. The number of ether oxygens (including phenoxy) is 2. The number of hydrogen-bond acceptors (Lipinski definition) is 5. The molecule has 1 fully saturated rings. The van der Waals surface area contributed by atoms with Crippen molar-refractivity contribution in [2.75, 3.05) is 20.8 Å². The second-order valence-corrected chi connectivity index (χ2v) is 10.1. The Hall–Kier alpha value is -2.38. The van der Waals surface area contributed by atoms with Crippen LogP contribution in [0.5, 0.6) is 11.5 Å². The van der Waals surface area contributed by atoms with E-state index in [1.54, 1.807) is 0 Å². The van der Waals surface area contributed by atoms with Gasteiger partial charge in [-0.25, -0.2) is 8.78 Å². The molecular weight excluding hydrogens is 444 g/mol. The standard InChI is InChI=1S/C26H37F2NO5/c1-6-7-8-9-10-11-26(27,28)18-13-22(32-4)24(23(14-18)33-5)19-12-17(16-34-29(30)31)20-15-21(19)25(20,2)3/h12-14,19-21H,6-11,15-16H2,1-5H3/t19-,20+,21-/m0/s1. The number of alkyl halides is 2. The lowest BCUT2D eigenvalue weighted by molar-refractivity contribution is -0.756. The monoisotopic (exact) mass is 481 g/mol. The Morgan fingerprint density at radius 3 is 2.26 bits per heavy atom. The summed E-state index contributed by atoms with van der Waals surface area (Å²) in [5, 5.41) is 9.99. The second-order valence-electron chi connectivity index (χ2n) is 10.1. The van der Waals surface area contributed by atoms with Crippen molar-refractivity contribution < 1.29 is 28.2 Å². The van der Waals surface area contributed by atoms with Crippen molar-refractivity contribution in [1.29, 1.82) is 0 Å². The van der Waals surface area contributed by atoms with Crippen LogP contribution in [0.1, 0.15) is 82.8 Å². The molecule has 1 aromatic carbocycles. The minimum Gasteiger partial charge on any atom is -0.496 e. The molecule has 0 saturated heterocycles. The fourth-order valence-corrected chi connectivity index (χ4v) is 5.79. The number of methoxy groups -OCH3 is 2. The summed E-state index contributed by atoms with van der Waals surface area (Å²) >= 11 is 0. The average Bonchev–Trinajstić information content (AvgIpc) is 2.80. The first-order valence-electron chi connectivity index (χ1n) is 12.2. The summed E-state index contributed by atoms with van der Waals surface area (Å²) in [5.74, 6) is -2.01. The molecule has 8 heteroatoms. The number of hydrogen-bond donors (Lipinski definition) is 0. The highest BCUT2D eigenvalue weighted by molar-refractivity contribution is 5.54. The van der Waals surface area contributed by atoms with Crippen molar-refractivity contribution in [2.24, 2.45) is 17.3 Å². The molecule has 4 rings (SSSR count). The number of benzene rings is 1. The van der Waals surface area contributed by atoms with Gasteiger partial charge < -0.3 is 14.3 Å². The van der Waals surface area contributed by atoms with E-state index in [1.807, 2.05) is 6.08 Å². The number of nitrogens with zero attached hydrogens (tertiary/aromatic N) is 1. The van der Waals surface area contributed by atoms with Crippen molar-refractivity contribution in [1.82, 2.24) is 0 Å². The Morgan fingerprint density at radius 2 is 1.74 bits per heavy atom. The summed E-state index contributed by atoms with van der Waals surface area (Å²) in [4.78, 5) is 15.5. The molecule has 3 aliphatic rings. The summed E-state index contributed by atoms with van der Waals surface area (Å²) in [6.07, 6.45) is 6.96. The summed E-state index contributed by atoms with van der Waals surface area (Å²) < 4.78 is 41.5. The van der Waals surface area contributed by atoms with Gasteiger partial charge in [0.2, 0.25) is 0 Å².